The van der Waals surface area contributed by atoms with E-state index in [1.807, 2.05) is 6.92 Å². The summed E-state index contributed by atoms with van der Waals surface area (Å²) in [5.41, 5.74) is 0. The Bertz CT molecular complexity index is 170. The molecule has 84 valence electrons. The number of carbonyl (C=O) groups is 1. The van der Waals surface area contributed by atoms with Gasteiger partial charge in [-0.25, -0.2) is 0 Å². The number of aliphatic hydroxyl groups is 1. The van der Waals surface area contributed by atoms with Crippen LogP contribution in [0.3, 0.4) is 0 Å². The molecule has 0 aromatic carbocycles. The number of nitrogens with one attached hydrogen (secondary N) is 1. The predicted octanol–water partition coefficient (Wildman–Crippen LogP) is 0.214. The Hall–Kier alpha value is -0.610. The zero-order valence-corrected chi connectivity index (χ0v) is 9.58. The fourth-order valence-electron chi connectivity index (χ4n) is 1.19. The number of amides is 1. The number of likely N-dealkylation sites (N-methyl/N-ethyl adjacent to an activating group) is 1. The van der Waals surface area contributed by atoms with Crippen molar-refractivity contribution in [3.05, 3.63) is 0 Å². The highest BCUT2D eigenvalue weighted by Gasteiger charge is 2.13. The first-order valence-electron chi connectivity index (χ1n) is 5.07. The number of rotatable bonds is 6. The molecule has 0 aromatic rings. The molecule has 0 heterocycles. The molecule has 0 fully saturated rings. The van der Waals surface area contributed by atoms with Crippen LogP contribution in [0.2, 0.25) is 0 Å². The summed E-state index contributed by atoms with van der Waals surface area (Å²) in [6.45, 7) is 4.39. The number of hydrogen-bond acceptors (Lipinski definition) is 3. The van der Waals surface area contributed by atoms with E-state index in [2.05, 4.69) is 5.32 Å². The van der Waals surface area contributed by atoms with E-state index in [-0.39, 0.29) is 18.1 Å². The van der Waals surface area contributed by atoms with Gasteiger partial charge >= 0.3 is 0 Å². The summed E-state index contributed by atoms with van der Waals surface area (Å²) in [6.07, 6.45) is 1.41. The molecule has 0 spiro atoms. The molecular weight excluding hydrogens is 180 g/mol. The SMILES string of the molecule is CC(O)CCCNC(C)C(=O)N(C)C. The maximum atomic E-state index is 11.4. The van der Waals surface area contributed by atoms with E-state index in [0.29, 0.717) is 0 Å². The van der Waals surface area contributed by atoms with E-state index in [1.165, 1.54) is 0 Å². The van der Waals surface area contributed by atoms with Gasteiger partial charge in [-0.2, -0.15) is 0 Å². The normalized spacial score (nSPS) is 14.9. The van der Waals surface area contributed by atoms with E-state index in [1.54, 1.807) is 25.9 Å². The molecule has 0 aliphatic carbocycles. The molecule has 0 aromatic heterocycles. The molecule has 1 amide bonds. The Kier molecular flexibility index (Phi) is 6.49. The minimum atomic E-state index is -0.253. The van der Waals surface area contributed by atoms with Crippen molar-refractivity contribution in [1.29, 1.82) is 0 Å². The highest BCUT2D eigenvalue weighted by atomic mass is 16.3. The highest BCUT2D eigenvalue weighted by molar-refractivity contribution is 5.80. The van der Waals surface area contributed by atoms with Crippen molar-refractivity contribution in [3.63, 3.8) is 0 Å². The summed E-state index contributed by atoms with van der Waals surface area (Å²) in [4.78, 5) is 13.0. The van der Waals surface area contributed by atoms with Gasteiger partial charge in [0.15, 0.2) is 0 Å². The van der Waals surface area contributed by atoms with Gasteiger partial charge in [0.1, 0.15) is 0 Å². The molecule has 4 heteroatoms. The van der Waals surface area contributed by atoms with Crippen LogP contribution in [0.4, 0.5) is 0 Å². The van der Waals surface area contributed by atoms with E-state index >= 15 is 0 Å². The summed E-state index contributed by atoms with van der Waals surface area (Å²) in [6, 6.07) is -0.140. The topological polar surface area (TPSA) is 52.6 Å². The zero-order chi connectivity index (χ0) is 11.1. The van der Waals surface area contributed by atoms with Crippen LogP contribution in [-0.2, 0) is 4.79 Å². The average Bonchev–Trinajstić information content (AvgIpc) is 2.10. The quantitative estimate of drug-likeness (QED) is 0.606. The van der Waals surface area contributed by atoms with Crippen LogP contribution in [0.25, 0.3) is 0 Å². The first kappa shape index (κ1) is 13.4. The zero-order valence-electron chi connectivity index (χ0n) is 9.58. The predicted molar refractivity (Wildman–Crippen MR) is 57.1 cm³/mol. The lowest BCUT2D eigenvalue weighted by Crippen LogP contribution is -2.41. The molecule has 0 saturated heterocycles. The average molecular weight is 202 g/mol. The van der Waals surface area contributed by atoms with Crippen LogP contribution >= 0.6 is 0 Å². The lowest BCUT2D eigenvalue weighted by molar-refractivity contribution is -0.130. The molecule has 0 bridgehead atoms. The Labute approximate surface area is 86.3 Å². The van der Waals surface area contributed by atoms with Gasteiger partial charge in [0.05, 0.1) is 12.1 Å². The molecule has 0 saturated carbocycles. The van der Waals surface area contributed by atoms with Crippen LogP contribution in [0.1, 0.15) is 26.7 Å². The summed E-state index contributed by atoms with van der Waals surface area (Å²) >= 11 is 0. The van der Waals surface area contributed by atoms with Crippen molar-refractivity contribution in [2.75, 3.05) is 20.6 Å². The van der Waals surface area contributed by atoms with Gasteiger partial charge in [0.25, 0.3) is 0 Å². The molecule has 2 N–H and O–H groups in total. The van der Waals surface area contributed by atoms with Crippen LogP contribution in [0, 0.1) is 0 Å². The number of hydrogen-bond donors (Lipinski definition) is 2. The minimum absolute atomic E-state index is 0.0852. The van der Waals surface area contributed by atoms with Gasteiger partial charge in [-0.15, -0.1) is 0 Å². The van der Waals surface area contributed by atoms with Crippen molar-refractivity contribution in [1.82, 2.24) is 10.2 Å². The standard InChI is InChI=1S/C10H22N2O2/c1-8(13)6-5-7-11-9(2)10(14)12(3)4/h8-9,11,13H,5-7H2,1-4H3. The number of aliphatic hydroxyl groups excluding tert-OH is 1. The second kappa shape index (κ2) is 6.79. The van der Waals surface area contributed by atoms with Crippen LogP contribution in [0.15, 0.2) is 0 Å². The number of nitrogens with zero attached hydrogens (tertiary/aromatic N) is 1. The lowest BCUT2D eigenvalue weighted by atomic mass is 10.2. The molecule has 14 heavy (non-hydrogen) atoms. The molecule has 2 atom stereocenters. The van der Waals surface area contributed by atoms with Gasteiger partial charge in [-0.05, 0) is 33.2 Å². The second-order valence-corrected chi connectivity index (χ2v) is 3.90. The third-order valence-electron chi connectivity index (χ3n) is 2.06. The lowest BCUT2D eigenvalue weighted by Gasteiger charge is -2.18. The third kappa shape index (κ3) is 5.94. The summed E-state index contributed by atoms with van der Waals surface area (Å²) in [7, 11) is 3.49. The van der Waals surface area contributed by atoms with E-state index < -0.39 is 0 Å². The molecule has 0 rings (SSSR count). The van der Waals surface area contributed by atoms with Crippen molar-refractivity contribution in [3.8, 4) is 0 Å². The molecule has 4 nitrogen and oxygen atoms in total. The molecule has 0 aliphatic heterocycles. The van der Waals surface area contributed by atoms with Crippen molar-refractivity contribution in [2.24, 2.45) is 0 Å². The third-order valence-corrected chi connectivity index (χ3v) is 2.06. The van der Waals surface area contributed by atoms with Gasteiger partial charge in [-0.3, -0.25) is 4.79 Å². The monoisotopic (exact) mass is 202 g/mol. The molecule has 0 radical (unpaired) electrons. The van der Waals surface area contributed by atoms with Gasteiger partial charge < -0.3 is 15.3 Å². The Morgan fingerprint density at radius 3 is 2.43 bits per heavy atom. The van der Waals surface area contributed by atoms with Gasteiger partial charge in [0, 0.05) is 14.1 Å². The maximum absolute atomic E-state index is 11.4. The second-order valence-electron chi connectivity index (χ2n) is 3.90. The molecular formula is C10H22N2O2. The Morgan fingerprint density at radius 1 is 1.43 bits per heavy atom. The van der Waals surface area contributed by atoms with E-state index in [9.17, 15) is 4.79 Å². The van der Waals surface area contributed by atoms with Crippen molar-refractivity contribution in [2.45, 2.75) is 38.8 Å². The van der Waals surface area contributed by atoms with Crippen molar-refractivity contribution < 1.29 is 9.90 Å². The highest BCUT2D eigenvalue weighted by Crippen LogP contribution is 1.95. The van der Waals surface area contributed by atoms with Crippen LogP contribution in [-0.4, -0.2) is 48.7 Å². The summed E-state index contributed by atoms with van der Waals surface area (Å²) in [5.74, 6) is 0.0852. The number of carbonyl (C=O) groups excluding carboxylic acids is 1. The smallest absolute Gasteiger partial charge is 0.238 e. The van der Waals surface area contributed by atoms with Crippen LogP contribution < -0.4 is 5.32 Å². The van der Waals surface area contributed by atoms with Crippen molar-refractivity contribution >= 4 is 5.91 Å². The minimum Gasteiger partial charge on any atom is -0.393 e. The Balaban J connectivity index is 3.54. The first-order valence-corrected chi connectivity index (χ1v) is 5.07. The van der Waals surface area contributed by atoms with Crippen LogP contribution in [0.5, 0.6) is 0 Å². The van der Waals surface area contributed by atoms with E-state index in [0.717, 1.165) is 19.4 Å². The fourth-order valence-corrected chi connectivity index (χ4v) is 1.19. The molecule has 0 aliphatic rings. The largest absolute Gasteiger partial charge is 0.393 e. The fraction of sp³-hybridized carbons (Fsp3) is 0.900. The molecule has 2 unspecified atom stereocenters. The first-order chi connectivity index (χ1) is 6.45. The summed E-state index contributed by atoms with van der Waals surface area (Å²) < 4.78 is 0. The van der Waals surface area contributed by atoms with E-state index in [4.69, 9.17) is 5.11 Å². The summed E-state index contributed by atoms with van der Waals surface area (Å²) in [5, 5.41) is 12.1. The van der Waals surface area contributed by atoms with Gasteiger partial charge in [-0.1, -0.05) is 0 Å². The Morgan fingerprint density at radius 2 is 2.00 bits per heavy atom. The maximum Gasteiger partial charge on any atom is 0.238 e. The van der Waals surface area contributed by atoms with Gasteiger partial charge in [0.2, 0.25) is 5.91 Å².